The van der Waals surface area contributed by atoms with Gasteiger partial charge in [-0.05, 0) is 19.1 Å². The summed E-state index contributed by atoms with van der Waals surface area (Å²) in [4.78, 5) is 24.0. The van der Waals surface area contributed by atoms with E-state index >= 15 is 0 Å². The number of carbonyl (C=O) groups is 2. The number of para-hydroxylation sites is 1. The van der Waals surface area contributed by atoms with Gasteiger partial charge in [0.1, 0.15) is 0 Å². The number of nitrogens with zero attached hydrogens (tertiary/aromatic N) is 1. The maximum atomic E-state index is 12.0. The van der Waals surface area contributed by atoms with E-state index in [0.717, 1.165) is 0 Å². The number of nitrogens with two attached hydrogens (primary N) is 2. The summed E-state index contributed by atoms with van der Waals surface area (Å²) < 4.78 is 0. The minimum absolute atomic E-state index is 0.0631. The fourth-order valence-electron chi connectivity index (χ4n) is 1.42. The molecule has 2 amide bonds. The normalized spacial score (nSPS) is 9.94. The van der Waals surface area contributed by atoms with Gasteiger partial charge in [0.2, 0.25) is 5.91 Å². The highest BCUT2D eigenvalue weighted by molar-refractivity contribution is 5.99. The summed E-state index contributed by atoms with van der Waals surface area (Å²) in [6.45, 7) is 1.84. The largest absolute Gasteiger partial charge is 0.505 e. The van der Waals surface area contributed by atoms with Crippen molar-refractivity contribution >= 4 is 17.5 Å². The number of rotatable bonds is 4. The van der Waals surface area contributed by atoms with Gasteiger partial charge in [-0.1, -0.05) is 6.07 Å². The summed E-state index contributed by atoms with van der Waals surface area (Å²) in [5.41, 5.74) is 10.7. The average molecular weight is 237 g/mol. The van der Waals surface area contributed by atoms with Crippen molar-refractivity contribution in [1.29, 1.82) is 0 Å². The fraction of sp³-hybridized carbons (Fsp3) is 0.273. The standard InChI is InChI=1S/C11H15N3O3/c1-2-14(6-9(13)15)11(17)7-4-3-5-8(12)10(7)16/h3-5,16H,2,6,12H2,1H3,(H2,13,15). The number of hydrogen-bond acceptors (Lipinski definition) is 4. The van der Waals surface area contributed by atoms with Crippen LogP contribution in [0.4, 0.5) is 5.69 Å². The molecule has 6 nitrogen and oxygen atoms in total. The van der Waals surface area contributed by atoms with Crippen LogP contribution in [0.25, 0.3) is 0 Å². The number of phenolic OH excluding ortho intramolecular Hbond substituents is 1. The predicted octanol–water partition coefficient (Wildman–Crippen LogP) is -0.0782. The van der Waals surface area contributed by atoms with Gasteiger partial charge in [-0.2, -0.15) is 0 Å². The van der Waals surface area contributed by atoms with E-state index in [1.165, 1.54) is 17.0 Å². The molecule has 0 fully saturated rings. The highest BCUT2D eigenvalue weighted by Crippen LogP contribution is 2.25. The van der Waals surface area contributed by atoms with Gasteiger partial charge in [0.25, 0.3) is 5.91 Å². The minimum atomic E-state index is -0.608. The molecule has 6 heteroatoms. The predicted molar refractivity (Wildman–Crippen MR) is 63.3 cm³/mol. The lowest BCUT2D eigenvalue weighted by Crippen LogP contribution is -2.38. The minimum Gasteiger partial charge on any atom is -0.505 e. The number of nitrogen functional groups attached to an aromatic ring is 1. The first kappa shape index (κ1) is 12.8. The van der Waals surface area contributed by atoms with E-state index in [4.69, 9.17) is 11.5 Å². The molecule has 0 spiro atoms. The first-order chi connectivity index (χ1) is 7.97. The smallest absolute Gasteiger partial charge is 0.258 e. The Balaban J connectivity index is 3.02. The second kappa shape index (κ2) is 5.20. The van der Waals surface area contributed by atoms with E-state index in [1.807, 2.05) is 0 Å². The van der Waals surface area contributed by atoms with E-state index in [1.54, 1.807) is 13.0 Å². The maximum Gasteiger partial charge on any atom is 0.258 e. The van der Waals surface area contributed by atoms with Crippen LogP contribution in [0.5, 0.6) is 5.75 Å². The highest BCUT2D eigenvalue weighted by atomic mass is 16.3. The summed E-state index contributed by atoms with van der Waals surface area (Å²) in [5.74, 6) is -1.36. The third-order valence-corrected chi connectivity index (χ3v) is 2.31. The fourth-order valence-corrected chi connectivity index (χ4v) is 1.42. The number of carbonyl (C=O) groups excluding carboxylic acids is 2. The Kier molecular flexibility index (Phi) is 3.92. The van der Waals surface area contributed by atoms with Crippen molar-refractivity contribution in [3.63, 3.8) is 0 Å². The van der Waals surface area contributed by atoms with E-state index in [2.05, 4.69) is 0 Å². The van der Waals surface area contributed by atoms with Gasteiger partial charge in [-0.25, -0.2) is 0 Å². The Labute approximate surface area is 98.8 Å². The van der Waals surface area contributed by atoms with Crippen LogP contribution in [0, 0.1) is 0 Å². The Bertz CT molecular complexity index is 446. The molecule has 0 aliphatic rings. The molecule has 1 aromatic rings. The van der Waals surface area contributed by atoms with E-state index in [-0.39, 0.29) is 23.5 Å². The quantitative estimate of drug-likeness (QED) is 0.502. The van der Waals surface area contributed by atoms with Crippen molar-refractivity contribution in [3.05, 3.63) is 23.8 Å². The van der Waals surface area contributed by atoms with E-state index in [9.17, 15) is 14.7 Å². The van der Waals surface area contributed by atoms with Crippen LogP contribution < -0.4 is 11.5 Å². The van der Waals surface area contributed by atoms with Gasteiger partial charge in [-0.3, -0.25) is 9.59 Å². The number of primary amides is 1. The van der Waals surface area contributed by atoms with Crippen LogP contribution in [-0.2, 0) is 4.79 Å². The summed E-state index contributed by atoms with van der Waals surface area (Å²) in [6, 6.07) is 4.48. The van der Waals surface area contributed by atoms with Crippen molar-refractivity contribution in [2.75, 3.05) is 18.8 Å². The number of phenols is 1. The Morgan fingerprint density at radius 3 is 2.59 bits per heavy atom. The highest BCUT2D eigenvalue weighted by Gasteiger charge is 2.19. The van der Waals surface area contributed by atoms with Crippen LogP contribution in [-0.4, -0.2) is 34.9 Å². The third kappa shape index (κ3) is 2.87. The molecule has 0 aliphatic carbocycles. The number of anilines is 1. The van der Waals surface area contributed by atoms with Crippen LogP contribution in [0.2, 0.25) is 0 Å². The zero-order chi connectivity index (χ0) is 13.0. The molecule has 0 saturated heterocycles. The molecule has 0 atom stereocenters. The van der Waals surface area contributed by atoms with E-state index in [0.29, 0.717) is 6.54 Å². The number of likely N-dealkylation sites (N-methyl/N-ethyl adjacent to an activating group) is 1. The molecule has 1 aromatic carbocycles. The number of aromatic hydroxyl groups is 1. The Morgan fingerprint density at radius 2 is 2.06 bits per heavy atom. The van der Waals surface area contributed by atoms with Crippen LogP contribution >= 0.6 is 0 Å². The molecular formula is C11H15N3O3. The lowest BCUT2D eigenvalue weighted by Gasteiger charge is -2.19. The molecular weight excluding hydrogens is 222 g/mol. The molecule has 0 aromatic heterocycles. The Hall–Kier alpha value is -2.24. The topological polar surface area (TPSA) is 110 Å². The maximum absolute atomic E-state index is 12.0. The molecule has 0 heterocycles. The van der Waals surface area contributed by atoms with Gasteiger partial charge < -0.3 is 21.5 Å². The van der Waals surface area contributed by atoms with Crippen LogP contribution in [0.3, 0.4) is 0 Å². The van der Waals surface area contributed by atoms with Gasteiger partial charge in [-0.15, -0.1) is 0 Å². The lowest BCUT2D eigenvalue weighted by atomic mass is 10.1. The summed E-state index contributed by atoms with van der Waals surface area (Å²) >= 11 is 0. The summed E-state index contributed by atoms with van der Waals surface area (Å²) in [7, 11) is 0. The van der Waals surface area contributed by atoms with E-state index < -0.39 is 11.8 Å². The van der Waals surface area contributed by atoms with Crippen molar-refractivity contribution in [2.45, 2.75) is 6.92 Å². The van der Waals surface area contributed by atoms with Crippen LogP contribution in [0.15, 0.2) is 18.2 Å². The van der Waals surface area contributed by atoms with Gasteiger partial charge in [0.05, 0.1) is 17.8 Å². The lowest BCUT2D eigenvalue weighted by molar-refractivity contribution is -0.118. The Morgan fingerprint density at radius 1 is 1.41 bits per heavy atom. The second-order valence-electron chi connectivity index (χ2n) is 3.53. The second-order valence-corrected chi connectivity index (χ2v) is 3.53. The van der Waals surface area contributed by atoms with Gasteiger partial charge in [0.15, 0.2) is 5.75 Å². The number of benzene rings is 1. The summed E-state index contributed by atoms with van der Waals surface area (Å²) in [6.07, 6.45) is 0. The molecule has 0 saturated carbocycles. The van der Waals surface area contributed by atoms with Gasteiger partial charge >= 0.3 is 0 Å². The van der Waals surface area contributed by atoms with Gasteiger partial charge in [0, 0.05) is 6.54 Å². The van der Waals surface area contributed by atoms with Crippen molar-refractivity contribution in [2.24, 2.45) is 5.73 Å². The molecule has 17 heavy (non-hydrogen) atoms. The van der Waals surface area contributed by atoms with Crippen molar-refractivity contribution in [3.8, 4) is 5.75 Å². The summed E-state index contributed by atoms with van der Waals surface area (Å²) in [5, 5.41) is 9.66. The molecule has 1 rings (SSSR count). The number of hydrogen-bond donors (Lipinski definition) is 3. The van der Waals surface area contributed by atoms with Crippen LogP contribution in [0.1, 0.15) is 17.3 Å². The first-order valence-electron chi connectivity index (χ1n) is 5.12. The molecule has 5 N–H and O–H groups in total. The first-order valence-corrected chi connectivity index (χ1v) is 5.12. The molecule has 0 bridgehead atoms. The zero-order valence-corrected chi connectivity index (χ0v) is 9.51. The van der Waals surface area contributed by atoms with Crippen molar-refractivity contribution < 1.29 is 14.7 Å². The monoisotopic (exact) mass is 237 g/mol. The molecule has 0 unspecified atom stereocenters. The third-order valence-electron chi connectivity index (χ3n) is 2.31. The average Bonchev–Trinajstić information content (AvgIpc) is 2.28. The molecule has 0 radical (unpaired) electrons. The zero-order valence-electron chi connectivity index (χ0n) is 9.51. The molecule has 92 valence electrons. The molecule has 0 aliphatic heterocycles. The SMILES string of the molecule is CCN(CC(N)=O)C(=O)c1cccc(N)c1O. The van der Waals surface area contributed by atoms with Crippen molar-refractivity contribution in [1.82, 2.24) is 4.90 Å². The number of amides is 2.